The van der Waals surface area contributed by atoms with Gasteiger partial charge in [0.2, 0.25) is 0 Å². The third-order valence-corrected chi connectivity index (χ3v) is 4.99. The van der Waals surface area contributed by atoms with Crippen LogP contribution in [0.5, 0.6) is 11.5 Å². The second kappa shape index (κ2) is 7.48. The first-order chi connectivity index (χ1) is 10.5. The van der Waals surface area contributed by atoms with Crippen molar-refractivity contribution in [1.82, 2.24) is 4.90 Å². The summed E-state index contributed by atoms with van der Waals surface area (Å²) in [5, 5.41) is 0. The van der Waals surface area contributed by atoms with Gasteiger partial charge in [0.05, 0.1) is 23.1 Å². The molecule has 0 aliphatic carbocycles. The molecule has 1 fully saturated rings. The smallest absolute Gasteiger partial charge is 0.266 e. The van der Waals surface area contributed by atoms with Crippen molar-refractivity contribution in [3.8, 4) is 11.5 Å². The highest BCUT2D eigenvalue weighted by molar-refractivity contribution is 9.10. The molecule has 0 atom stereocenters. The number of thiocarbonyl (C=S) groups is 1. The lowest BCUT2D eigenvalue weighted by molar-refractivity contribution is -0.121. The molecule has 0 N–H and O–H groups in total. The number of amides is 1. The summed E-state index contributed by atoms with van der Waals surface area (Å²) in [6.45, 7) is 4.93. The monoisotopic (exact) mass is 401 g/mol. The fourth-order valence-electron chi connectivity index (χ4n) is 2.06. The van der Waals surface area contributed by atoms with Gasteiger partial charge >= 0.3 is 0 Å². The standard InChI is InChI=1S/C15H16BrNO3S2/c1-4-17-14(18)12(22-15(17)21)8-9-6-10(16)13(19-3)11(7-9)20-5-2/h6-8H,4-5H2,1-3H3/b12-8+. The molecule has 1 saturated heterocycles. The summed E-state index contributed by atoms with van der Waals surface area (Å²) < 4.78 is 12.3. The first kappa shape index (κ1) is 17.3. The second-order valence-corrected chi connectivity index (χ2v) is 6.92. The molecule has 0 bridgehead atoms. The molecule has 0 radical (unpaired) electrons. The fourth-order valence-corrected chi connectivity index (χ4v) is 4.06. The first-order valence-corrected chi connectivity index (χ1v) is 8.79. The van der Waals surface area contributed by atoms with Crippen LogP contribution in [0.25, 0.3) is 6.08 Å². The summed E-state index contributed by atoms with van der Waals surface area (Å²) in [6.07, 6.45) is 1.82. The van der Waals surface area contributed by atoms with Crippen LogP contribution in [0.3, 0.4) is 0 Å². The molecule has 2 rings (SSSR count). The molecule has 118 valence electrons. The summed E-state index contributed by atoms with van der Waals surface area (Å²) in [4.78, 5) is 14.5. The Morgan fingerprint density at radius 1 is 1.41 bits per heavy atom. The fraction of sp³-hybridized carbons (Fsp3) is 0.333. The Morgan fingerprint density at radius 3 is 2.68 bits per heavy atom. The number of nitrogens with zero attached hydrogens (tertiary/aromatic N) is 1. The van der Waals surface area contributed by atoms with E-state index in [-0.39, 0.29) is 5.91 Å². The molecule has 1 heterocycles. The number of hydrogen-bond acceptors (Lipinski definition) is 5. The van der Waals surface area contributed by atoms with Gasteiger partial charge in [0.25, 0.3) is 5.91 Å². The maximum Gasteiger partial charge on any atom is 0.266 e. The minimum Gasteiger partial charge on any atom is -0.492 e. The van der Waals surface area contributed by atoms with Crippen molar-refractivity contribution in [3.05, 3.63) is 27.1 Å². The zero-order valence-corrected chi connectivity index (χ0v) is 15.7. The summed E-state index contributed by atoms with van der Waals surface area (Å²) in [6, 6.07) is 3.74. The number of methoxy groups -OCH3 is 1. The average molecular weight is 402 g/mol. The summed E-state index contributed by atoms with van der Waals surface area (Å²) in [5.74, 6) is 1.22. The van der Waals surface area contributed by atoms with Crippen LogP contribution in [-0.4, -0.2) is 35.4 Å². The SMILES string of the molecule is CCOc1cc(/C=C2/SC(=S)N(CC)C2=O)cc(Br)c1OC. The molecule has 1 aromatic carbocycles. The molecule has 0 aromatic heterocycles. The highest BCUT2D eigenvalue weighted by Crippen LogP contribution is 2.39. The van der Waals surface area contributed by atoms with Crippen LogP contribution in [0.4, 0.5) is 0 Å². The zero-order valence-electron chi connectivity index (χ0n) is 12.5. The highest BCUT2D eigenvalue weighted by Gasteiger charge is 2.30. The van der Waals surface area contributed by atoms with Gasteiger partial charge in [-0.25, -0.2) is 0 Å². The van der Waals surface area contributed by atoms with Gasteiger partial charge in [0, 0.05) is 6.54 Å². The van der Waals surface area contributed by atoms with Crippen molar-refractivity contribution in [2.75, 3.05) is 20.3 Å². The molecule has 22 heavy (non-hydrogen) atoms. The predicted octanol–water partition coefficient (Wildman–Crippen LogP) is 4.08. The summed E-state index contributed by atoms with van der Waals surface area (Å²) in [7, 11) is 1.59. The molecule has 0 spiro atoms. The minimum atomic E-state index is -0.0533. The normalized spacial score (nSPS) is 16.5. The van der Waals surface area contributed by atoms with Crippen LogP contribution in [0.2, 0.25) is 0 Å². The number of thioether (sulfide) groups is 1. The summed E-state index contributed by atoms with van der Waals surface area (Å²) in [5.41, 5.74) is 0.854. The van der Waals surface area contributed by atoms with E-state index in [4.69, 9.17) is 21.7 Å². The van der Waals surface area contributed by atoms with Crippen molar-refractivity contribution in [3.63, 3.8) is 0 Å². The molecule has 0 saturated carbocycles. The Labute approximate surface area is 148 Å². The van der Waals surface area contributed by atoms with Gasteiger partial charge in [0.15, 0.2) is 11.5 Å². The van der Waals surface area contributed by atoms with Crippen molar-refractivity contribution >= 4 is 56.2 Å². The van der Waals surface area contributed by atoms with Gasteiger partial charge in [-0.05, 0) is 53.5 Å². The molecule has 1 amide bonds. The van der Waals surface area contributed by atoms with E-state index in [1.165, 1.54) is 11.8 Å². The molecule has 7 heteroatoms. The van der Waals surface area contributed by atoms with Crippen molar-refractivity contribution < 1.29 is 14.3 Å². The van der Waals surface area contributed by atoms with E-state index in [1.807, 2.05) is 32.1 Å². The van der Waals surface area contributed by atoms with E-state index >= 15 is 0 Å². The van der Waals surface area contributed by atoms with Gasteiger partial charge in [0.1, 0.15) is 4.32 Å². The van der Waals surface area contributed by atoms with E-state index in [2.05, 4.69) is 15.9 Å². The summed E-state index contributed by atoms with van der Waals surface area (Å²) >= 11 is 10.0. The molecule has 4 nitrogen and oxygen atoms in total. The van der Waals surface area contributed by atoms with E-state index in [0.717, 1.165) is 10.0 Å². The Balaban J connectivity index is 2.40. The number of carbonyl (C=O) groups is 1. The van der Waals surface area contributed by atoms with Gasteiger partial charge in [-0.15, -0.1) is 0 Å². The molecule has 1 aromatic rings. The molecular weight excluding hydrogens is 386 g/mol. The maximum atomic E-state index is 12.3. The quantitative estimate of drug-likeness (QED) is 0.548. The Kier molecular flexibility index (Phi) is 5.88. The third-order valence-electron chi connectivity index (χ3n) is 3.02. The number of likely N-dealkylation sites (N-methyl/N-ethyl adjacent to an activating group) is 1. The van der Waals surface area contributed by atoms with Gasteiger partial charge in [-0.2, -0.15) is 0 Å². The number of hydrogen-bond donors (Lipinski definition) is 0. The molecule has 1 aliphatic rings. The van der Waals surface area contributed by atoms with Gasteiger partial charge in [-0.3, -0.25) is 9.69 Å². The second-order valence-electron chi connectivity index (χ2n) is 4.39. The van der Waals surface area contributed by atoms with Crippen molar-refractivity contribution in [2.24, 2.45) is 0 Å². The number of carbonyl (C=O) groups excluding carboxylic acids is 1. The van der Waals surface area contributed by atoms with E-state index < -0.39 is 0 Å². The van der Waals surface area contributed by atoms with Crippen LogP contribution < -0.4 is 9.47 Å². The van der Waals surface area contributed by atoms with Crippen LogP contribution in [0.1, 0.15) is 19.4 Å². The lowest BCUT2D eigenvalue weighted by Crippen LogP contribution is -2.27. The van der Waals surface area contributed by atoms with Crippen LogP contribution in [0, 0.1) is 0 Å². The highest BCUT2D eigenvalue weighted by atomic mass is 79.9. The number of benzene rings is 1. The van der Waals surface area contributed by atoms with Crippen LogP contribution in [0.15, 0.2) is 21.5 Å². The molecule has 1 aliphatic heterocycles. The van der Waals surface area contributed by atoms with E-state index in [1.54, 1.807) is 12.0 Å². The first-order valence-electron chi connectivity index (χ1n) is 6.77. The Morgan fingerprint density at radius 2 is 2.14 bits per heavy atom. The maximum absolute atomic E-state index is 12.3. The number of halogens is 1. The van der Waals surface area contributed by atoms with Crippen LogP contribution >= 0.6 is 39.9 Å². The van der Waals surface area contributed by atoms with Gasteiger partial charge < -0.3 is 9.47 Å². The van der Waals surface area contributed by atoms with Crippen LogP contribution in [-0.2, 0) is 4.79 Å². The lowest BCUT2D eigenvalue weighted by atomic mass is 10.2. The van der Waals surface area contributed by atoms with E-state index in [0.29, 0.717) is 33.9 Å². The van der Waals surface area contributed by atoms with Crippen molar-refractivity contribution in [1.29, 1.82) is 0 Å². The third kappa shape index (κ3) is 3.47. The zero-order chi connectivity index (χ0) is 16.3. The Bertz CT molecular complexity index is 646. The Hall–Kier alpha value is -1.05. The largest absolute Gasteiger partial charge is 0.492 e. The van der Waals surface area contributed by atoms with Gasteiger partial charge in [-0.1, -0.05) is 24.0 Å². The average Bonchev–Trinajstić information content (AvgIpc) is 2.73. The number of rotatable bonds is 5. The van der Waals surface area contributed by atoms with Crippen molar-refractivity contribution in [2.45, 2.75) is 13.8 Å². The topological polar surface area (TPSA) is 38.8 Å². The molecule has 0 unspecified atom stereocenters. The molecular formula is C15H16BrNO3S2. The predicted molar refractivity (Wildman–Crippen MR) is 97.4 cm³/mol. The minimum absolute atomic E-state index is 0.0533. The number of ether oxygens (including phenoxy) is 2. The van der Waals surface area contributed by atoms with E-state index in [9.17, 15) is 4.79 Å². The lowest BCUT2D eigenvalue weighted by Gasteiger charge is -2.12.